The average Bonchev–Trinajstić information content (AvgIpc) is 2.62. The molecule has 0 bridgehead atoms. The van der Waals surface area contributed by atoms with Crippen LogP contribution in [0.25, 0.3) is 0 Å². The number of aliphatic hydroxyl groups excluding tert-OH is 1. The van der Waals surface area contributed by atoms with Crippen molar-refractivity contribution in [3.8, 4) is 0 Å². The number of nitrogens with one attached hydrogen (secondary N) is 1. The first-order chi connectivity index (χ1) is 12.3. The summed E-state index contributed by atoms with van der Waals surface area (Å²) in [4.78, 5) is 0. The summed E-state index contributed by atoms with van der Waals surface area (Å²) < 4.78 is 0. The van der Waals surface area contributed by atoms with Gasteiger partial charge in [0.1, 0.15) is 0 Å². The van der Waals surface area contributed by atoms with Crippen molar-refractivity contribution in [3.63, 3.8) is 0 Å². The van der Waals surface area contributed by atoms with Gasteiger partial charge in [0.05, 0.1) is 6.10 Å². The van der Waals surface area contributed by atoms with E-state index in [1.54, 1.807) is 0 Å². The third-order valence-corrected chi connectivity index (χ3v) is 5.24. The van der Waals surface area contributed by atoms with Crippen molar-refractivity contribution < 1.29 is 5.11 Å². The summed E-state index contributed by atoms with van der Waals surface area (Å²) in [5.41, 5.74) is 0. The molecule has 1 atom stereocenters. The van der Waals surface area contributed by atoms with Gasteiger partial charge in [-0.3, -0.25) is 0 Å². The first-order valence-corrected chi connectivity index (χ1v) is 11.7. The van der Waals surface area contributed by atoms with Gasteiger partial charge in [0.15, 0.2) is 0 Å². The Bertz CT molecular complexity index is 232. The molecule has 152 valence electrons. The Hall–Kier alpha value is -0.0800. The van der Waals surface area contributed by atoms with Crippen LogP contribution < -0.4 is 5.32 Å². The van der Waals surface area contributed by atoms with Gasteiger partial charge in [0.25, 0.3) is 0 Å². The van der Waals surface area contributed by atoms with Crippen molar-refractivity contribution in [2.24, 2.45) is 0 Å². The highest BCUT2D eigenvalue weighted by atomic mass is 16.3. The summed E-state index contributed by atoms with van der Waals surface area (Å²) in [6.45, 7) is 6.92. The topological polar surface area (TPSA) is 32.3 Å². The Kier molecular flexibility index (Phi) is 21.9. The number of unbranched alkanes of at least 4 members (excludes halogenated alkanes) is 13. The molecule has 0 saturated heterocycles. The first-order valence-electron chi connectivity index (χ1n) is 11.7. The lowest BCUT2D eigenvalue weighted by Gasteiger charge is -2.10. The molecule has 0 aliphatic rings. The second kappa shape index (κ2) is 22.0. The molecule has 0 heterocycles. The quantitative estimate of drug-likeness (QED) is 0.217. The molecule has 2 heteroatoms. The molecule has 0 aliphatic heterocycles. The Balaban J connectivity index is 3.06. The van der Waals surface area contributed by atoms with Crippen LogP contribution in [0.3, 0.4) is 0 Å². The Morgan fingerprint density at radius 2 is 0.880 bits per heavy atom. The number of hydrogen-bond acceptors (Lipinski definition) is 2. The number of rotatable bonds is 21. The van der Waals surface area contributed by atoms with E-state index < -0.39 is 0 Å². The van der Waals surface area contributed by atoms with Gasteiger partial charge >= 0.3 is 0 Å². The molecule has 0 aromatic heterocycles. The second-order valence-electron chi connectivity index (χ2n) is 7.93. The minimum Gasteiger partial charge on any atom is -0.393 e. The fourth-order valence-corrected chi connectivity index (χ4v) is 3.44. The van der Waals surface area contributed by atoms with Crippen LogP contribution in [-0.4, -0.2) is 24.3 Å². The average molecular weight is 356 g/mol. The van der Waals surface area contributed by atoms with E-state index in [4.69, 9.17) is 0 Å². The van der Waals surface area contributed by atoms with E-state index >= 15 is 0 Å². The zero-order valence-corrected chi connectivity index (χ0v) is 17.7. The standard InChI is InChI=1S/C23H49NO/c1-3-5-7-15-19-23(25)20-16-13-11-9-8-10-12-14-18-22-24-21-17-6-4-2/h23-25H,3-22H2,1-2H3. The minimum atomic E-state index is -0.0348. The summed E-state index contributed by atoms with van der Waals surface area (Å²) in [5, 5.41) is 13.5. The van der Waals surface area contributed by atoms with E-state index in [9.17, 15) is 5.11 Å². The Morgan fingerprint density at radius 1 is 0.520 bits per heavy atom. The summed E-state index contributed by atoms with van der Waals surface area (Å²) in [7, 11) is 0. The molecular weight excluding hydrogens is 306 g/mol. The van der Waals surface area contributed by atoms with Gasteiger partial charge in [-0.1, -0.05) is 104 Å². The smallest absolute Gasteiger partial charge is 0.0540 e. The Labute approximate surface area is 159 Å². The molecular formula is C23H49NO. The van der Waals surface area contributed by atoms with Crippen LogP contribution in [0.4, 0.5) is 0 Å². The lowest BCUT2D eigenvalue weighted by Crippen LogP contribution is -2.16. The number of hydrogen-bond donors (Lipinski definition) is 2. The largest absolute Gasteiger partial charge is 0.393 e. The monoisotopic (exact) mass is 355 g/mol. The van der Waals surface area contributed by atoms with Gasteiger partial charge in [-0.25, -0.2) is 0 Å². The predicted octanol–water partition coefficient (Wildman–Crippen LogP) is 7.00. The van der Waals surface area contributed by atoms with Gasteiger partial charge < -0.3 is 10.4 Å². The molecule has 2 nitrogen and oxygen atoms in total. The summed E-state index contributed by atoms with van der Waals surface area (Å²) in [6.07, 6.45) is 23.4. The van der Waals surface area contributed by atoms with E-state index in [0.29, 0.717) is 0 Å². The SMILES string of the molecule is CCCCCCC(O)CCCCCCCCCCCNCCCCC. The summed E-state index contributed by atoms with van der Waals surface area (Å²) >= 11 is 0. The van der Waals surface area contributed by atoms with Crippen LogP contribution in [0.2, 0.25) is 0 Å². The van der Waals surface area contributed by atoms with Crippen molar-refractivity contribution in [3.05, 3.63) is 0 Å². The Morgan fingerprint density at radius 3 is 1.40 bits per heavy atom. The van der Waals surface area contributed by atoms with Crippen molar-refractivity contribution in [1.29, 1.82) is 0 Å². The van der Waals surface area contributed by atoms with E-state index in [-0.39, 0.29) is 6.10 Å². The maximum Gasteiger partial charge on any atom is 0.0540 e. The summed E-state index contributed by atoms with van der Waals surface area (Å²) in [6, 6.07) is 0. The molecule has 0 aromatic carbocycles. The van der Waals surface area contributed by atoms with E-state index in [1.165, 1.54) is 116 Å². The van der Waals surface area contributed by atoms with E-state index in [2.05, 4.69) is 19.2 Å². The molecule has 0 radical (unpaired) electrons. The predicted molar refractivity (Wildman–Crippen MR) is 113 cm³/mol. The lowest BCUT2D eigenvalue weighted by atomic mass is 10.0. The van der Waals surface area contributed by atoms with Crippen LogP contribution in [0.5, 0.6) is 0 Å². The van der Waals surface area contributed by atoms with Crippen molar-refractivity contribution in [1.82, 2.24) is 5.32 Å². The molecule has 1 unspecified atom stereocenters. The molecule has 0 rings (SSSR count). The summed E-state index contributed by atoms with van der Waals surface area (Å²) in [5.74, 6) is 0. The van der Waals surface area contributed by atoms with Crippen molar-refractivity contribution in [2.75, 3.05) is 13.1 Å². The third kappa shape index (κ3) is 21.9. The molecule has 0 fully saturated rings. The molecule has 25 heavy (non-hydrogen) atoms. The van der Waals surface area contributed by atoms with Crippen LogP contribution >= 0.6 is 0 Å². The van der Waals surface area contributed by atoms with Crippen LogP contribution in [-0.2, 0) is 0 Å². The molecule has 0 aromatic rings. The fraction of sp³-hybridized carbons (Fsp3) is 1.00. The normalized spacial score (nSPS) is 12.6. The first kappa shape index (κ1) is 24.9. The van der Waals surface area contributed by atoms with E-state index in [1.807, 2.05) is 0 Å². The van der Waals surface area contributed by atoms with Crippen molar-refractivity contribution in [2.45, 2.75) is 136 Å². The van der Waals surface area contributed by atoms with Gasteiger partial charge in [-0.05, 0) is 38.8 Å². The molecule has 2 N–H and O–H groups in total. The maximum absolute atomic E-state index is 9.95. The maximum atomic E-state index is 9.95. The van der Waals surface area contributed by atoms with Crippen molar-refractivity contribution >= 4 is 0 Å². The van der Waals surface area contributed by atoms with Crippen LogP contribution in [0.15, 0.2) is 0 Å². The van der Waals surface area contributed by atoms with Gasteiger partial charge in [-0.2, -0.15) is 0 Å². The molecule has 0 aliphatic carbocycles. The zero-order valence-electron chi connectivity index (χ0n) is 17.7. The second-order valence-corrected chi connectivity index (χ2v) is 7.93. The minimum absolute atomic E-state index is 0.0348. The molecule has 0 saturated carbocycles. The van der Waals surface area contributed by atoms with E-state index in [0.717, 1.165) is 12.8 Å². The highest BCUT2D eigenvalue weighted by Crippen LogP contribution is 2.14. The number of aliphatic hydroxyl groups is 1. The zero-order chi connectivity index (χ0) is 18.4. The third-order valence-electron chi connectivity index (χ3n) is 5.24. The van der Waals surface area contributed by atoms with Gasteiger partial charge in [-0.15, -0.1) is 0 Å². The highest BCUT2D eigenvalue weighted by molar-refractivity contribution is 4.57. The van der Waals surface area contributed by atoms with Gasteiger partial charge in [0.2, 0.25) is 0 Å². The van der Waals surface area contributed by atoms with Gasteiger partial charge in [0, 0.05) is 0 Å². The molecule has 0 spiro atoms. The highest BCUT2D eigenvalue weighted by Gasteiger charge is 2.03. The molecule has 0 amide bonds. The fourth-order valence-electron chi connectivity index (χ4n) is 3.44. The van der Waals surface area contributed by atoms with Crippen LogP contribution in [0.1, 0.15) is 129 Å². The lowest BCUT2D eigenvalue weighted by molar-refractivity contribution is 0.147. The van der Waals surface area contributed by atoms with Crippen LogP contribution in [0, 0.1) is 0 Å².